The van der Waals surface area contributed by atoms with E-state index in [9.17, 15) is 9.18 Å². The van der Waals surface area contributed by atoms with Gasteiger partial charge in [-0.15, -0.1) is 0 Å². The summed E-state index contributed by atoms with van der Waals surface area (Å²) in [6.45, 7) is 3.24. The van der Waals surface area contributed by atoms with Crippen molar-refractivity contribution >= 4 is 17.5 Å². The molecule has 1 saturated carbocycles. The van der Waals surface area contributed by atoms with Crippen LogP contribution in [0.4, 0.5) is 4.39 Å². The number of amides is 1. The number of hydrogen-bond acceptors (Lipinski definition) is 3. The van der Waals surface area contributed by atoms with Gasteiger partial charge in [0.15, 0.2) is 0 Å². The number of benzene rings is 2. The largest absolute Gasteiger partial charge is 0.490 e. The highest BCUT2D eigenvalue weighted by Gasteiger charge is 2.31. The number of halogens is 2. The standard InChI is InChI=1S/C24H28ClFN2O2/c25-23-13-21(7-6-20(23)16-28-8-1-2-9-28)30-22-11-18(12-22)15-27-24(29)19-5-3-4-17(10-19)14-26/h3-7,10,13,18,22H,1-2,8-9,11-12,14-16H2,(H,27,29). The number of carbonyl (C=O) groups is 1. The molecule has 30 heavy (non-hydrogen) atoms. The SMILES string of the molecule is O=C(NCC1CC(Oc2ccc(CN3CCCC3)c(Cl)c2)C1)c1cccc(CF)c1. The topological polar surface area (TPSA) is 41.6 Å². The zero-order valence-corrected chi connectivity index (χ0v) is 17.8. The molecular weight excluding hydrogens is 403 g/mol. The van der Waals surface area contributed by atoms with Crippen LogP contribution in [0.15, 0.2) is 42.5 Å². The van der Waals surface area contributed by atoms with Crippen LogP contribution in [-0.2, 0) is 13.2 Å². The summed E-state index contributed by atoms with van der Waals surface area (Å²) in [5, 5.41) is 3.71. The van der Waals surface area contributed by atoms with Crippen molar-refractivity contribution in [3.05, 3.63) is 64.2 Å². The molecule has 1 N–H and O–H groups in total. The van der Waals surface area contributed by atoms with Crippen LogP contribution < -0.4 is 10.1 Å². The Bertz CT molecular complexity index is 879. The highest BCUT2D eigenvalue weighted by Crippen LogP contribution is 2.33. The molecule has 1 saturated heterocycles. The zero-order chi connectivity index (χ0) is 20.9. The molecular formula is C24H28ClFN2O2. The average Bonchev–Trinajstić information content (AvgIpc) is 3.24. The second-order valence-corrected chi connectivity index (χ2v) is 8.76. The lowest BCUT2D eigenvalue weighted by atomic mass is 9.82. The molecule has 4 nitrogen and oxygen atoms in total. The van der Waals surface area contributed by atoms with Gasteiger partial charge in [-0.25, -0.2) is 4.39 Å². The van der Waals surface area contributed by atoms with Crippen LogP contribution in [-0.4, -0.2) is 36.5 Å². The lowest BCUT2D eigenvalue weighted by Crippen LogP contribution is -2.41. The Balaban J connectivity index is 1.20. The first-order valence-corrected chi connectivity index (χ1v) is 11.1. The second kappa shape index (κ2) is 9.80. The van der Waals surface area contributed by atoms with Gasteiger partial charge in [0.05, 0.1) is 6.10 Å². The van der Waals surface area contributed by atoms with Crippen LogP contribution in [0.3, 0.4) is 0 Å². The first-order chi connectivity index (χ1) is 14.6. The molecule has 0 aromatic heterocycles. The Labute approximate surface area is 182 Å². The van der Waals surface area contributed by atoms with E-state index in [0.29, 0.717) is 23.6 Å². The number of nitrogens with one attached hydrogen (secondary N) is 1. The molecule has 2 aromatic rings. The molecule has 1 heterocycles. The number of rotatable bonds is 8. The van der Waals surface area contributed by atoms with E-state index >= 15 is 0 Å². The molecule has 0 bridgehead atoms. The maximum Gasteiger partial charge on any atom is 0.251 e. The van der Waals surface area contributed by atoms with Crippen LogP contribution in [0.5, 0.6) is 5.75 Å². The van der Waals surface area contributed by atoms with Gasteiger partial charge in [0.25, 0.3) is 5.91 Å². The summed E-state index contributed by atoms with van der Waals surface area (Å²) >= 11 is 6.47. The number of carbonyl (C=O) groups excluding carboxylic acids is 1. The molecule has 0 radical (unpaired) electrons. The monoisotopic (exact) mass is 430 g/mol. The number of alkyl halides is 1. The minimum atomic E-state index is -0.563. The van der Waals surface area contributed by atoms with Crippen LogP contribution in [0, 0.1) is 5.92 Å². The zero-order valence-electron chi connectivity index (χ0n) is 17.1. The molecule has 0 spiro atoms. The van der Waals surface area contributed by atoms with Gasteiger partial charge in [-0.3, -0.25) is 9.69 Å². The molecule has 6 heteroatoms. The first-order valence-electron chi connectivity index (χ1n) is 10.7. The first kappa shape index (κ1) is 21.1. The van der Waals surface area contributed by atoms with Crippen molar-refractivity contribution in [1.29, 1.82) is 0 Å². The molecule has 0 unspecified atom stereocenters. The van der Waals surface area contributed by atoms with E-state index in [1.54, 1.807) is 24.3 Å². The normalized spacial score (nSPS) is 21.3. The maximum atomic E-state index is 12.8. The molecule has 0 atom stereocenters. The molecule has 2 aliphatic rings. The third kappa shape index (κ3) is 5.32. The molecule has 1 amide bonds. The predicted octanol–water partition coefficient (Wildman–Crippen LogP) is 4.99. The molecule has 2 aromatic carbocycles. The highest BCUT2D eigenvalue weighted by atomic mass is 35.5. The van der Waals surface area contributed by atoms with Gasteiger partial charge >= 0.3 is 0 Å². The third-order valence-corrected chi connectivity index (χ3v) is 6.36. The number of hydrogen-bond donors (Lipinski definition) is 1. The summed E-state index contributed by atoms with van der Waals surface area (Å²) in [6.07, 6.45) is 4.50. The van der Waals surface area contributed by atoms with Crippen LogP contribution >= 0.6 is 11.6 Å². The summed E-state index contributed by atoms with van der Waals surface area (Å²) in [6, 6.07) is 12.7. The van der Waals surface area contributed by atoms with E-state index in [1.807, 2.05) is 12.1 Å². The maximum absolute atomic E-state index is 12.8. The van der Waals surface area contributed by atoms with E-state index < -0.39 is 6.67 Å². The van der Waals surface area contributed by atoms with Crippen molar-refractivity contribution in [2.75, 3.05) is 19.6 Å². The van der Waals surface area contributed by atoms with Gasteiger partial charge in [0.1, 0.15) is 12.4 Å². The number of nitrogens with zero attached hydrogens (tertiary/aromatic N) is 1. The Morgan fingerprint density at radius 3 is 2.70 bits per heavy atom. The number of likely N-dealkylation sites (tertiary alicyclic amines) is 1. The predicted molar refractivity (Wildman–Crippen MR) is 117 cm³/mol. The van der Waals surface area contributed by atoms with Crippen molar-refractivity contribution in [2.45, 2.75) is 45.0 Å². The minimum Gasteiger partial charge on any atom is -0.490 e. The van der Waals surface area contributed by atoms with Crippen molar-refractivity contribution < 1.29 is 13.9 Å². The van der Waals surface area contributed by atoms with Gasteiger partial charge in [-0.1, -0.05) is 29.8 Å². The Morgan fingerprint density at radius 2 is 1.97 bits per heavy atom. The summed E-state index contributed by atoms with van der Waals surface area (Å²) in [4.78, 5) is 14.7. The summed E-state index contributed by atoms with van der Waals surface area (Å²) in [5.41, 5.74) is 2.17. The minimum absolute atomic E-state index is 0.155. The van der Waals surface area contributed by atoms with Gasteiger partial charge in [0.2, 0.25) is 0 Å². The third-order valence-electron chi connectivity index (χ3n) is 6.01. The smallest absolute Gasteiger partial charge is 0.251 e. The van der Waals surface area contributed by atoms with Gasteiger partial charge in [0, 0.05) is 23.7 Å². The van der Waals surface area contributed by atoms with Crippen molar-refractivity contribution in [3.8, 4) is 5.75 Å². The molecule has 2 fully saturated rings. The molecule has 1 aliphatic heterocycles. The van der Waals surface area contributed by atoms with E-state index in [-0.39, 0.29) is 12.0 Å². The van der Waals surface area contributed by atoms with E-state index in [2.05, 4.69) is 16.3 Å². The van der Waals surface area contributed by atoms with Gasteiger partial charge < -0.3 is 10.1 Å². The highest BCUT2D eigenvalue weighted by molar-refractivity contribution is 6.31. The lowest BCUT2D eigenvalue weighted by Gasteiger charge is -2.35. The van der Waals surface area contributed by atoms with Gasteiger partial charge in [-0.05, 0) is 80.1 Å². The summed E-state index contributed by atoms with van der Waals surface area (Å²) < 4.78 is 18.8. The molecule has 1 aliphatic carbocycles. The number of ether oxygens (including phenoxy) is 1. The summed E-state index contributed by atoms with van der Waals surface area (Å²) in [7, 11) is 0. The van der Waals surface area contributed by atoms with Crippen LogP contribution in [0.2, 0.25) is 5.02 Å². The Hall–Kier alpha value is -2.11. The van der Waals surface area contributed by atoms with Crippen molar-refractivity contribution in [3.63, 3.8) is 0 Å². The fourth-order valence-electron chi connectivity index (χ4n) is 4.18. The lowest BCUT2D eigenvalue weighted by molar-refractivity contribution is 0.0617. The Morgan fingerprint density at radius 1 is 1.17 bits per heavy atom. The van der Waals surface area contributed by atoms with E-state index in [0.717, 1.165) is 48.8 Å². The van der Waals surface area contributed by atoms with Crippen molar-refractivity contribution in [1.82, 2.24) is 10.2 Å². The second-order valence-electron chi connectivity index (χ2n) is 8.36. The quantitative estimate of drug-likeness (QED) is 0.641. The van der Waals surface area contributed by atoms with Crippen molar-refractivity contribution in [2.24, 2.45) is 5.92 Å². The molecule has 160 valence electrons. The van der Waals surface area contributed by atoms with Crippen LogP contribution in [0.1, 0.15) is 47.2 Å². The van der Waals surface area contributed by atoms with E-state index in [4.69, 9.17) is 16.3 Å². The average molecular weight is 431 g/mol. The molecule has 4 rings (SSSR count). The summed E-state index contributed by atoms with van der Waals surface area (Å²) in [5.74, 6) is 1.05. The Kier molecular flexibility index (Phi) is 6.90. The van der Waals surface area contributed by atoms with Gasteiger partial charge in [-0.2, -0.15) is 0 Å². The fourth-order valence-corrected chi connectivity index (χ4v) is 4.41. The fraction of sp³-hybridized carbons (Fsp3) is 0.458. The van der Waals surface area contributed by atoms with E-state index in [1.165, 1.54) is 12.8 Å². The van der Waals surface area contributed by atoms with Crippen LogP contribution in [0.25, 0.3) is 0 Å².